The number of hydrogen-bond acceptors (Lipinski definition) is 3. The van der Waals surface area contributed by atoms with Crippen LogP contribution >= 0.6 is 0 Å². The van der Waals surface area contributed by atoms with Crippen molar-refractivity contribution in [3.63, 3.8) is 0 Å². The molecule has 0 fully saturated rings. The molecule has 60 valence electrons. The Morgan fingerprint density at radius 3 is 2.40 bits per heavy atom. The van der Waals surface area contributed by atoms with Crippen molar-refractivity contribution in [3.05, 3.63) is 0 Å². The number of hydrogen-bond donors (Lipinski definition) is 2. The van der Waals surface area contributed by atoms with E-state index in [1.54, 1.807) is 0 Å². The maximum atomic E-state index is 10.9. The second-order valence-electron chi connectivity index (χ2n) is 2.85. The molecular formula is C7H15NO2. The Bertz CT molecular complexity index is 112. The van der Waals surface area contributed by atoms with Gasteiger partial charge in [-0.25, -0.2) is 0 Å². The highest BCUT2D eigenvalue weighted by Crippen LogP contribution is 2.01. The summed E-state index contributed by atoms with van der Waals surface area (Å²) in [4.78, 5) is 10.9. The second kappa shape index (κ2) is 4.41. The number of aliphatic hydroxyl groups is 1. The molecule has 0 heterocycles. The van der Waals surface area contributed by atoms with E-state index in [1.165, 1.54) is 0 Å². The largest absolute Gasteiger partial charge is 0.394 e. The van der Waals surface area contributed by atoms with Crippen LogP contribution in [0.25, 0.3) is 0 Å². The van der Waals surface area contributed by atoms with E-state index in [0.717, 1.165) is 0 Å². The molecule has 0 aliphatic rings. The van der Waals surface area contributed by atoms with Crippen LogP contribution in [0.15, 0.2) is 0 Å². The highest BCUT2D eigenvalue weighted by molar-refractivity contribution is 5.83. The molecule has 10 heavy (non-hydrogen) atoms. The Labute approximate surface area is 61.2 Å². The minimum atomic E-state index is -0.678. The molecular weight excluding hydrogens is 130 g/mol. The van der Waals surface area contributed by atoms with Crippen molar-refractivity contribution in [3.8, 4) is 0 Å². The molecule has 0 aliphatic carbocycles. The van der Waals surface area contributed by atoms with Gasteiger partial charge in [0.2, 0.25) is 0 Å². The molecule has 0 bridgehead atoms. The van der Waals surface area contributed by atoms with Crippen molar-refractivity contribution in [1.82, 2.24) is 0 Å². The molecule has 0 saturated heterocycles. The minimum absolute atomic E-state index is 0.0579. The summed E-state index contributed by atoms with van der Waals surface area (Å²) in [5.41, 5.74) is 5.27. The summed E-state index contributed by atoms with van der Waals surface area (Å²) < 4.78 is 0. The summed E-state index contributed by atoms with van der Waals surface area (Å²) in [6, 6.07) is -0.678. The zero-order chi connectivity index (χ0) is 8.15. The average molecular weight is 145 g/mol. The number of ketones is 1. The number of aliphatic hydroxyl groups excluding tert-OH is 1. The maximum absolute atomic E-state index is 10.9. The Balaban J connectivity index is 3.62. The lowest BCUT2D eigenvalue weighted by atomic mass is 10.0. The molecule has 0 radical (unpaired) electrons. The van der Waals surface area contributed by atoms with Gasteiger partial charge in [0, 0.05) is 6.42 Å². The van der Waals surface area contributed by atoms with Crippen molar-refractivity contribution in [1.29, 1.82) is 0 Å². The molecule has 0 aromatic rings. The fourth-order valence-corrected chi connectivity index (χ4v) is 0.656. The fourth-order valence-electron chi connectivity index (χ4n) is 0.656. The van der Waals surface area contributed by atoms with Gasteiger partial charge >= 0.3 is 0 Å². The fraction of sp³-hybridized carbons (Fsp3) is 0.857. The summed E-state index contributed by atoms with van der Waals surface area (Å²) in [5, 5.41) is 8.47. The molecule has 3 nitrogen and oxygen atoms in total. The summed E-state index contributed by atoms with van der Waals surface area (Å²) in [6.45, 7) is 3.65. The van der Waals surface area contributed by atoms with Crippen LogP contribution in [0.5, 0.6) is 0 Å². The van der Waals surface area contributed by atoms with Crippen LogP contribution in [0.3, 0.4) is 0 Å². The molecule has 0 aromatic heterocycles. The van der Waals surface area contributed by atoms with Crippen LogP contribution in [0, 0.1) is 5.92 Å². The third kappa shape index (κ3) is 3.58. The van der Waals surface area contributed by atoms with Gasteiger partial charge in [0.05, 0.1) is 12.6 Å². The first-order valence-corrected chi connectivity index (χ1v) is 3.47. The van der Waals surface area contributed by atoms with Gasteiger partial charge in [-0.15, -0.1) is 0 Å². The first-order valence-electron chi connectivity index (χ1n) is 3.47. The van der Waals surface area contributed by atoms with Gasteiger partial charge in [-0.05, 0) is 5.92 Å². The summed E-state index contributed by atoms with van der Waals surface area (Å²) in [6.07, 6.45) is 0.460. The van der Waals surface area contributed by atoms with Gasteiger partial charge in [-0.1, -0.05) is 13.8 Å². The van der Waals surface area contributed by atoms with Crippen LogP contribution < -0.4 is 5.73 Å². The van der Waals surface area contributed by atoms with Crippen LogP contribution in [0.1, 0.15) is 20.3 Å². The number of nitrogens with two attached hydrogens (primary N) is 1. The average Bonchev–Trinajstić information content (AvgIpc) is 1.85. The van der Waals surface area contributed by atoms with Crippen LogP contribution in [0.2, 0.25) is 0 Å². The Morgan fingerprint density at radius 1 is 1.60 bits per heavy atom. The van der Waals surface area contributed by atoms with E-state index in [9.17, 15) is 4.79 Å². The lowest BCUT2D eigenvalue weighted by Crippen LogP contribution is -2.34. The summed E-state index contributed by atoms with van der Waals surface area (Å²) in [7, 11) is 0. The summed E-state index contributed by atoms with van der Waals surface area (Å²) >= 11 is 0. The third-order valence-corrected chi connectivity index (χ3v) is 1.22. The number of Topliss-reactive ketones (excluding diaryl/α,β-unsaturated/α-hetero) is 1. The van der Waals surface area contributed by atoms with E-state index in [-0.39, 0.29) is 12.4 Å². The number of carbonyl (C=O) groups is 1. The monoisotopic (exact) mass is 145 g/mol. The highest BCUT2D eigenvalue weighted by atomic mass is 16.3. The van der Waals surface area contributed by atoms with E-state index >= 15 is 0 Å². The summed E-state index contributed by atoms with van der Waals surface area (Å²) in [5.74, 6) is 0.266. The van der Waals surface area contributed by atoms with E-state index in [4.69, 9.17) is 10.8 Å². The molecule has 0 aromatic carbocycles. The highest BCUT2D eigenvalue weighted by Gasteiger charge is 2.12. The van der Waals surface area contributed by atoms with Crippen LogP contribution in [0.4, 0.5) is 0 Å². The molecule has 0 aliphatic heterocycles. The number of rotatable bonds is 4. The first-order chi connectivity index (χ1) is 4.57. The normalized spacial score (nSPS) is 13.7. The Kier molecular flexibility index (Phi) is 4.23. The predicted octanol–water partition coefficient (Wildman–Crippen LogP) is -0.0788. The minimum Gasteiger partial charge on any atom is -0.394 e. The van der Waals surface area contributed by atoms with Gasteiger partial charge in [0.1, 0.15) is 0 Å². The first kappa shape index (κ1) is 9.59. The molecule has 0 unspecified atom stereocenters. The molecule has 0 saturated carbocycles. The lowest BCUT2D eigenvalue weighted by Gasteiger charge is -2.07. The van der Waals surface area contributed by atoms with Crippen molar-refractivity contribution in [2.24, 2.45) is 11.7 Å². The van der Waals surface area contributed by atoms with Gasteiger partial charge in [-0.3, -0.25) is 4.79 Å². The lowest BCUT2D eigenvalue weighted by molar-refractivity contribution is -0.121. The topological polar surface area (TPSA) is 63.3 Å². The predicted molar refractivity (Wildman–Crippen MR) is 39.5 cm³/mol. The molecule has 1 atom stereocenters. The van der Waals surface area contributed by atoms with Gasteiger partial charge in [0.15, 0.2) is 5.78 Å². The van der Waals surface area contributed by atoms with Crippen LogP contribution in [-0.2, 0) is 4.79 Å². The van der Waals surface area contributed by atoms with Gasteiger partial charge in [0.25, 0.3) is 0 Å². The van der Waals surface area contributed by atoms with Gasteiger partial charge < -0.3 is 10.8 Å². The SMILES string of the molecule is CC(C)CC(=O)[C@@H](N)CO. The zero-order valence-corrected chi connectivity index (χ0v) is 6.50. The van der Waals surface area contributed by atoms with E-state index in [1.807, 2.05) is 13.8 Å². The van der Waals surface area contributed by atoms with Crippen molar-refractivity contribution >= 4 is 5.78 Å². The van der Waals surface area contributed by atoms with Crippen molar-refractivity contribution in [2.75, 3.05) is 6.61 Å². The molecule has 3 N–H and O–H groups in total. The van der Waals surface area contributed by atoms with E-state index in [0.29, 0.717) is 12.3 Å². The van der Waals surface area contributed by atoms with Crippen molar-refractivity contribution in [2.45, 2.75) is 26.3 Å². The quantitative estimate of drug-likeness (QED) is 0.581. The second-order valence-corrected chi connectivity index (χ2v) is 2.85. The van der Waals surface area contributed by atoms with E-state index in [2.05, 4.69) is 0 Å². The molecule has 3 heteroatoms. The Morgan fingerprint density at radius 2 is 2.10 bits per heavy atom. The molecule has 0 rings (SSSR count). The van der Waals surface area contributed by atoms with Gasteiger partial charge in [-0.2, -0.15) is 0 Å². The molecule has 0 amide bonds. The van der Waals surface area contributed by atoms with Crippen LogP contribution in [-0.4, -0.2) is 23.5 Å². The van der Waals surface area contributed by atoms with Crippen molar-refractivity contribution < 1.29 is 9.90 Å². The van der Waals surface area contributed by atoms with E-state index < -0.39 is 6.04 Å². The number of carbonyl (C=O) groups excluding carboxylic acids is 1. The third-order valence-electron chi connectivity index (χ3n) is 1.22. The maximum Gasteiger partial charge on any atom is 0.152 e. The Hall–Kier alpha value is -0.410. The smallest absolute Gasteiger partial charge is 0.152 e. The zero-order valence-electron chi connectivity index (χ0n) is 6.50. The standard InChI is InChI=1S/C7H15NO2/c1-5(2)3-7(10)6(8)4-9/h5-6,9H,3-4,8H2,1-2H3/t6-/m0/s1. The molecule has 0 spiro atoms.